The number of nitrogens with one attached hydrogen (secondary N) is 2. The summed E-state index contributed by atoms with van der Waals surface area (Å²) < 4.78 is 5.14. The van der Waals surface area contributed by atoms with Crippen molar-refractivity contribution in [2.24, 2.45) is 0 Å². The summed E-state index contributed by atoms with van der Waals surface area (Å²) in [6.07, 6.45) is 1.64. The van der Waals surface area contributed by atoms with Gasteiger partial charge in [-0.3, -0.25) is 9.59 Å². The van der Waals surface area contributed by atoms with Crippen molar-refractivity contribution in [1.29, 1.82) is 0 Å². The van der Waals surface area contributed by atoms with Gasteiger partial charge in [0.25, 0.3) is 11.8 Å². The molecule has 3 N–H and O–H groups in total. The van der Waals surface area contributed by atoms with E-state index in [-0.39, 0.29) is 11.4 Å². The summed E-state index contributed by atoms with van der Waals surface area (Å²) in [7, 11) is 1.55. The van der Waals surface area contributed by atoms with Crippen LogP contribution in [0.3, 0.4) is 0 Å². The molecule has 0 atom stereocenters. The first-order valence-corrected chi connectivity index (χ1v) is 10.3. The number of phenols is 1. The third-order valence-corrected chi connectivity index (χ3v) is 5.07. The number of anilines is 1. The van der Waals surface area contributed by atoms with Crippen LogP contribution in [0.1, 0.15) is 15.9 Å². The van der Waals surface area contributed by atoms with Crippen molar-refractivity contribution in [3.05, 3.63) is 108 Å². The largest absolute Gasteiger partial charge is 0.508 e. The van der Waals surface area contributed by atoms with E-state index in [4.69, 9.17) is 4.74 Å². The van der Waals surface area contributed by atoms with E-state index in [2.05, 4.69) is 10.6 Å². The van der Waals surface area contributed by atoms with Gasteiger partial charge in [0.1, 0.15) is 17.2 Å². The molecule has 0 radical (unpaired) electrons. The smallest absolute Gasteiger partial charge is 0.272 e. The Morgan fingerprint density at radius 2 is 1.61 bits per heavy atom. The highest BCUT2D eigenvalue weighted by Gasteiger charge is 2.16. The molecule has 4 aromatic carbocycles. The summed E-state index contributed by atoms with van der Waals surface area (Å²) in [5.74, 6) is -0.306. The molecule has 0 unspecified atom stereocenters. The van der Waals surface area contributed by atoms with Crippen LogP contribution in [0.25, 0.3) is 16.8 Å². The molecule has 6 nitrogen and oxygen atoms in total. The third-order valence-electron chi connectivity index (χ3n) is 5.07. The Morgan fingerprint density at radius 3 is 2.36 bits per heavy atom. The lowest BCUT2D eigenvalue weighted by molar-refractivity contribution is -0.113. The summed E-state index contributed by atoms with van der Waals surface area (Å²) in [6, 6.07) is 26.4. The third kappa shape index (κ3) is 5.19. The van der Waals surface area contributed by atoms with Crippen molar-refractivity contribution in [3.63, 3.8) is 0 Å². The lowest BCUT2D eigenvalue weighted by Gasteiger charge is -2.12. The summed E-state index contributed by atoms with van der Waals surface area (Å²) in [5, 5.41) is 17.1. The minimum absolute atomic E-state index is 0.0228. The van der Waals surface area contributed by atoms with Crippen LogP contribution >= 0.6 is 0 Å². The molecule has 0 bridgehead atoms. The Bertz CT molecular complexity index is 1340. The fourth-order valence-corrected chi connectivity index (χ4v) is 3.41. The number of amides is 2. The van der Waals surface area contributed by atoms with Crippen LogP contribution in [0, 0.1) is 0 Å². The number of rotatable bonds is 6. The number of hydrogen-bond acceptors (Lipinski definition) is 4. The van der Waals surface area contributed by atoms with Crippen molar-refractivity contribution < 1.29 is 19.4 Å². The van der Waals surface area contributed by atoms with E-state index in [0.29, 0.717) is 17.0 Å². The molecule has 0 saturated heterocycles. The second-order valence-corrected chi connectivity index (χ2v) is 7.31. The summed E-state index contributed by atoms with van der Waals surface area (Å²) >= 11 is 0. The average Bonchev–Trinajstić information content (AvgIpc) is 2.84. The average molecular weight is 438 g/mol. The molecule has 6 heteroatoms. The van der Waals surface area contributed by atoms with E-state index in [0.717, 1.165) is 16.3 Å². The van der Waals surface area contributed by atoms with Crippen molar-refractivity contribution in [3.8, 4) is 11.5 Å². The molecule has 4 rings (SSSR count). The number of aromatic hydroxyl groups is 1. The zero-order chi connectivity index (χ0) is 23.2. The lowest BCUT2D eigenvalue weighted by atomic mass is 10.0. The Labute approximate surface area is 191 Å². The summed E-state index contributed by atoms with van der Waals surface area (Å²) in [6.45, 7) is 0. The van der Waals surface area contributed by atoms with Crippen LogP contribution in [0.4, 0.5) is 5.69 Å². The van der Waals surface area contributed by atoms with Gasteiger partial charge in [-0.05, 0) is 58.8 Å². The number of hydrogen-bond donors (Lipinski definition) is 3. The zero-order valence-electron chi connectivity index (χ0n) is 17.9. The Hall–Kier alpha value is -4.58. The van der Waals surface area contributed by atoms with Gasteiger partial charge < -0.3 is 20.5 Å². The number of carbonyl (C=O) groups excluding carboxylic acids is 2. The first kappa shape index (κ1) is 21.6. The molecule has 164 valence electrons. The van der Waals surface area contributed by atoms with E-state index in [1.165, 1.54) is 12.1 Å². The zero-order valence-corrected chi connectivity index (χ0v) is 17.9. The van der Waals surface area contributed by atoms with Gasteiger partial charge >= 0.3 is 0 Å². The van der Waals surface area contributed by atoms with E-state index in [1.54, 1.807) is 49.6 Å². The van der Waals surface area contributed by atoms with Crippen molar-refractivity contribution >= 4 is 34.4 Å². The predicted molar refractivity (Wildman–Crippen MR) is 129 cm³/mol. The van der Waals surface area contributed by atoms with Gasteiger partial charge in [-0.15, -0.1) is 0 Å². The van der Waals surface area contributed by atoms with E-state index >= 15 is 0 Å². The first-order valence-electron chi connectivity index (χ1n) is 10.3. The molecule has 0 aromatic heterocycles. The first-order chi connectivity index (χ1) is 16.0. The molecule has 0 spiro atoms. The predicted octanol–water partition coefficient (Wildman–Crippen LogP) is 4.96. The molecule has 0 aliphatic heterocycles. The molecular weight excluding hydrogens is 416 g/mol. The Morgan fingerprint density at radius 1 is 0.879 bits per heavy atom. The molecule has 4 aromatic rings. The Balaban J connectivity index is 1.69. The summed E-state index contributed by atoms with van der Waals surface area (Å²) in [4.78, 5) is 26.0. The highest BCUT2D eigenvalue weighted by molar-refractivity contribution is 6.11. The molecule has 33 heavy (non-hydrogen) atoms. The fourth-order valence-electron chi connectivity index (χ4n) is 3.41. The highest BCUT2D eigenvalue weighted by atomic mass is 16.5. The number of methoxy groups -OCH3 is 1. The molecule has 2 amide bonds. The molecular formula is C27H22N2O4. The minimum Gasteiger partial charge on any atom is -0.508 e. The van der Waals surface area contributed by atoms with Crippen LogP contribution in [0.15, 0.2) is 96.7 Å². The second kappa shape index (κ2) is 9.70. The number of phenolic OH excluding ortho intramolecular Hbond substituents is 1. The van der Waals surface area contributed by atoms with Gasteiger partial charge in [0.05, 0.1) is 7.11 Å². The van der Waals surface area contributed by atoms with Crippen molar-refractivity contribution in [1.82, 2.24) is 5.32 Å². The molecule has 0 aliphatic rings. The number of ether oxygens (including phenoxy) is 1. The van der Waals surface area contributed by atoms with E-state index in [1.807, 2.05) is 42.5 Å². The van der Waals surface area contributed by atoms with Gasteiger partial charge in [0, 0.05) is 17.3 Å². The van der Waals surface area contributed by atoms with Crippen LogP contribution in [-0.2, 0) is 4.79 Å². The molecule has 0 heterocycles. The number of fused-ring (bicyclic) bond motifs is 1. The Kier molecular flexibility index (Phi) is 6.36. The molecule has 0 saturated carbocycles. The van der Waals surface area contributed by atoms with Gasteiger partial charge in [-0.1, -0.05) is 48.5 Å². The van der Waals surface area contributed by atoms with Crippen LogP contribution in [0.5, 0.6) is 11.5 Å². The van der Waals surface area contributed by atoms with Gasteiger partial charge in [-0.2, -0.15) is 0 Å². The lowest BCUT2D eigenvalue weighted by Crippen LogP contribution is -2.30. The number of carbonyl (C=O) groups is 2. The minimum atomic E-state index is -0.518. The van der Waals surface area contributed by atoms with Crippen molar-refractivity contribution in [2.45, 2.75) is 0 Å². The summed E-state index contributed by atoms with van der Waals surface area (Å²) in [5.41, 5.74) is 1.63. The topological polar surface area (TPSA) is 87.7 Å². The fraction of sp³-hybridized carbons (Fsp3) is 0.0370. The van der Waals surface area contributed by atoms with Crippen molar-refractivity contribution in [2.75, 3.05) is 12.4 Å². The monoisotopic (exact) mass is 438 g/mol. The molecule has 0 fully saturated rings. The van der Waals surface area contributed by atoms with Crippen LogP contribution in [0.2, 0.25) is 0 Å². The second-order valence-electron chi connectivity index (χ2n) is 7.31. The SMILES string of the molecule is COc1ccc(C(=O)NC(=Cc2cccc3ccccc23)C(=O)Nc2cccc(O)c2)cc1. The van der Waals surface area contributed by atoms with E-state index in [9.17, 15) is 14.7 Å². The number of benzene rings is 4. The highest BCUT2D eigenvalue weighted by Crippen LogP contribution is 2.22. The van der Waals surface area contributed by atoms with Gasteiger partial charge in [0.2, 0.25) is 0 Å². The van der Waals surface area contributed by atoms with Crippen LogP contribution < -0.4 is 15.4 Å². The van der Waals surface area contributed by atoms with Crippen LogP contribution in [-0.4, -0.2) is 24.0 Å². The standard InChI is InChI=1S/C27H22N2O4/c1-33-23-14-12-19(13-15-23)26(31)29-25(27(32)28-21-9-5-10-22(30)17-21)16-20-8-4-7-18-6-2-3-11-24(18)20/h2-17,30H,1H3,(H,28,32)(H,29,31). The van der Waals surface area contributed by atoms with Gasteiger partial charge in [0.15, 0.2) is 0 Å². The maximum Gasteiger partial charge on any atom is 0.272 e. The van der Waals surface area contributed by atoms with E-state index < -0.39 is 11.8 Å². The maximum absolute atomic E-state index is 13.1. The van der Waals surface area contributed by atoms with Gasteiger partial charge in [-0.25, -0.2) is 0 Å². The molecule has 0 aliphatic carbocycles. The maximum atomic E-state index is 13.1. The normalized spacial score (nSPS) is 11.1. The quantitative estimate of drug-likeness (QED) is 0.371.